The summed E-state index contributed by atoms with van der Waals surface area (Å²) in [4.78, 5) is 20.6. The third-order valence-corrected chi connectivity index (χ3v) is 5.47. The number of anilines is 1. The number of nitrogens with two attached hydrogens (primary N) is 1. The molecule has 0 saturated heterocycles. The van der Waals surface area contributed by atoms with Crippen molar-refractivity contribution in [2.75, 3.05) is 5.32 Å². The molecular formula is C25H27FN6O. The zero-order chi connectivity index (χ0) is 24.0. The van der Waals surface area contributed by atoms with Crippen molar-refractivity contribution in [1.82, 2.24) is 19.6 Å². The maximum absolute atomic E-state index is 14.2. The zero-order valence-electron chi connectivity index (χ0n) is 18.7. The van der Waals surface area contributed by atoms with E-state index in [-0.39, 0.29) is 11.6 Å². The third-order valence-electron chi connectivity index (χ3n) is 5.47. The van der Waals surface area contributed by atoms with E-state index in [1.165, 1.54) is 6.20 Å². The second-order valence-corrected chi connectivity index (χ2v) is 7.31. The second kappa shape index (κ2) is 10.6. The number of alkyl halides is 1. The fourth-order valence-corrected chi connectivity index (χ4v) is 3.96. The molecule has 1 amide bonds. The summed E-state index contributed by atoms with van der Waals surface area (Å²) in [6.45, 7) is 4.00. The highest BCUT2D eigenvalue weighted by Gasteiger charge is 2.29. The number of fused-ring (bicyclic) bond motifs is 2. The van der Waals surface area contributed by atoms with Gasteiger partial charge in [0.15, 0.2) is 0 Å². The van der Waals surface area contributed by atoms with Gasteiger partial charge in [-0.1, -0.05) is 19.9 Å². The monoisotopic (exact) mass is 446 g/mol. The molecule has 1 aliphatic carbocycles. The van der Waals surface area contributed by atoms with Crippen molar-refractivity contribution < 1.29 is 9.18 Å². The molecule has 0 unspecified atom stereocenters. The topological polar surface area (TPSA) is 98.2 Å². The molecule has 1 aromatic carbocycles. The summed E-state index contributed by atoms with van der Waals surface area (Å²) in [6, 6.07) is 7.40. The Morgan fingerprint density at radius 1 is 1.12 bits per heavy atom. The molecule has 0 radical (unpaired) electrons. The number of hydrogen-bond acceptors (Lipinski definition) is 5. The standard InChI is InChI=1S/C21H19FN6O.C2H6.C2H2/c22-15-2-1-3-16(15)27-20-14(21(23)29)10-26-28-11-13(9-19(20)28)12-4-5-17-18(8-12)25-7-6-24-17;2*1-2/h4-11,15-16,27H,1-3H2,(H2,23,29);1-2H3;1-2H/t15-,16+;;/m0../s1. The normalized spacial score (nSPS) is 17.0. The number of carbonyl (C=O) groups is 1. The summed E-state index contributed by atoms with van der Waals surface area (Å²) < 4.78 is 15.9. The molecule has 5 rings (SSSR count). The highest BCUT2D eigenvalue weighted by Crippen LogP contribution is 2.32. The van der Waals surface area contributed by atoms with Gasteiger partial charge in [0, 0.05) is 24.2 Å². The fraction of sp³-hybridized carbons (Fsp3) is 0.280. The summed E-state index contributed by atoms with van der Waals surface area (Å²) in [5.41, 5.74) is 10.5. The van der Waals surface area contributed by atoms with Crippen LogP contribution < -0.4 is 11.1 Å². The summed E-state index contributed by atoms with van der Waals surface area (Å²) >= 11 is 0. The van der Waals surface area contributed by atoms with Gasteiger partial charge in [0.05, 0.1) is 40.0 Å². The largest absolute Gasteiger partial charge is 0.377 e. The van der Waals surface area contributed by atoms with Crippen LogP contribution in [0.5, 0.6) is 0 Å². The Bertz CT molecular complexity index is 1280. The predicted octanol–water partition coefficient (Wildman–Crippen LogP) is 4.62. The van der Waals surface area contributed by atoms with Gasteiger partial charge >= 0.3 is 0 Å². The predicted molar refractivity (Wildman–Crippen MR) is 130 cm³/mol. The molecule has 0 aliphatic heterocycles. The van der Waals surface area contributed by atoms with Crippen LogP contribution in [0.3, 0.4) is 0 Å². The van der Waals surface area contributed by atoms with E-state index >= 15 is 0 Å². The number of primary amides is 1. The van der Waals surface area contributed by atoms with Crippen molar-refractivity contribution >= 4 is 28.1 Å². The van der Waals surface area contributed by atoms with E-state index in [1.54, 1.807) is 16.9 Å². The van der Waals surface area contributed by atoms with Crippen molar-refractivity contribution in [1.29, 1.82) is 0 Å². The first-order valence-corrected chi connectivity index (χ1v) is 10.9. The number of benzene rings is 1. The van der Waals surface area contributed by atoms with Crippen LogP contribution in [0, 0.1) is 12.8 Å². The minimum absolute atomic E-state index is 0.255. The molecule has 0 spiro atoms. The molecule has 7 nitrogen and oxygen atoms in total. The van der Waals surface area contributed by atoms with Crippen molar-refractivity contribution in [3.8, 4) is 24.0 Å². The van der Waals surface area contributed by atoms with Gasteiger partial charge in [0.1, 0.15) is 6.17 Å². The molecule has 1 saturated carbocycles. The van der Waals surface area contributed by atoms with Crippen LogP contribution in [-0.4, -0.2) is 37.7 Å². The Balaban J connectivity index is 0.000000728. The van der Waals surface area contributed by atoms with Gasteiger partial charge in [-0.3, -0.25) is 14.8 Å². The average molecular weight is 447 g/mol. The minimum Gasteiger partial charge on any atom is -0.377 e. The number of nitrogens with one attached hydrogen (secondary N) is 1. The number of aromatic nitrogens is 4. The van der Waals surface area contributed by atoms with E-state index in [1.807, 2.05) is 44.3 Å². The summed E-state index contributed by atoms with van der Waals surface area (Å²) in [5.74, 6) is -0.598. The van der Waals surface area contributed by atoms with E-state index in [2.05, 4.69) is 33.2 Å². The van der Waals surface area contributed by atoms with Crippen LogP contribution >= 0.6 is 0 Å². The number of terminal acetylenes is 1. The smallest absolute Gasteiger partial charge is 0.252 e. The second-order valence-electron chi connectivity index (χ2n) is 7.31. The summed E-state index contributed by atoms with van der Waals surface area (Å²) in [7, 11) is 0. The molecule has 1 fully saturated rings. The highest BCUT2D eigenvalue weighted by molar-refractivity contribution is 6.02. The van der Waals surface area contributed by atoms with E-state index in [9.17, 15) is 9.18 Å². The average Bonchev–Trinajstić information content (AvgIpc) is 3.47. The lowest BCUT2D eigenvalue weighted by atomic mass is 10.1. The van der Waals surface area contributed by atoms with Crippen LogP contribution in [0.2, 0.25) is 0 Å². The number of halogens is 1. The lowest BCUT2D eigenvalue weighted by molar-refractivity contribution is 0.100. The number of rotatable bonds is 4. The first kappa shape index (κ1) is 23.7. The van der Waals surface area contributed by atoms with E-state index in [4.69, 9.17) is 5.73 Å². The van der Waals surface area contributed by atoms with Crippen molar-refractivity contribution in [3.05, 3.63) is 54.6 Å². The van der Waals surface area contributed by atoms with Crippen LogP contribution in [0.15, 0.2) is 49.1 Å². The Labute approximate surface area is 192 Å². The minimum atomic E-state index is -0.947. The van der Waals surface area contributed by atoms with Gasteiger partial charge in [-0.15, -0.1) is 12.8 Å². The Hall–Kier alpha value is -3.99. The molecule has 0 bridgehead atoms. The fourth-order valence-electron chi connectivity index (χ4n) is 3.96. The first-order chi connectivity index (χ1) is 16.1. The van der Waals surface area contributed by atoms with Crippen molar-refractivity contribution in [2.45, 2.75) is 45.3 Å². The van der Waals surface area contributed by atoms with E-state index < -0.39 is 12.1 Å². The maximum atomic E-state index is 14.2. The Kier molecular flexibility index (Phi) is 7.57. The molecular weight excluding hydrogens is 419 g/mol. The quantitative estimate of drug-likeness (QED) is 0.446. The Morgan fingerprint density at radius 3 is 2.52 bits per heavy atom. The number of nitrogens with zero attached hydrogens (tertiary/aromatic N) is 4. The Morgan fingerprint density at radius 2 is 1.85 bits per heavy atom. The van der Waals surface area contributed by atoms with Crippen LogP contribution in [0.4, 0.5) is 10.1 Å². The van der Waals surface area contributed by atoms with Gasteiger partial charge in [0.2, 0.25) is 0 Å². The number of hydrogen-bond donors (Lipinski definition) is 2. The summed E-state index contributed by atoms with van der Waals surface area (Å²) in [6.07, 6.45) is 15.7. The highest BCUT2D eigenvalue weighted by atomic mass is 19.1. The molecule has 3 aromatic heterocycles. The zero-order valence-corrected chi connectivity index (χ0v) is 18.7. The van der Waals surface area contributed by atoms with Crippen molar-refractivity contribution in [3.63, 3.8) is 0 Å². The molecule has 1 aliphatic rings. The molecule has 8 heteroatoms. The molecule has 3 heterocycles. The van der Waals surface area contributed by atoms with Gasteiger partial charge in [-0.05, 0) is 43.0 Å². The number of amides is 1. The van der Waals surface area contributed by atoms with Crippen LogP contribution in [0.25, 0.3) is 27.7 Å². The molecule has 4 aromatic rings. The number of carbonyl (C=O) groups excluding carboxylic acids is 1. The van der Waals surface area contributed by atoms with E-state index in [0.717, 1.165) is 28.6 Å². The summed E-state index contributed by atoms with van der Waals surface area (Å²) in [5, 5.41) is 7.54. The van der Waals surface area contributed by atoms with Gasteiger partial charge in [-0.2, -0.15) is 5.10 Å². The van der Waals surface area contributed by atoms with Gasteiger partial charge in [0.25, 0.3) is 5.91 Å². The van der Waals surface area contributed by atoms with Gasteiger partial charge < -0.3 is 11.1 Å². The van der Waals surface area contributed by atoms with Crippen LogP contribution in [-0.2, 0) is 0 Å². The van der Waals surface area contributed by atoms with Gasteiger partial charge in [-0.25, -0.2) is 8.91 Å². The molecule has 3 N–H and O–H groups in total. The van der Waals surface area contributed by atoms with E-state index in [0.29, 0.717) is 24.0 Å². The maximum Gasteiger partial charge on any atom is 0.252 e. The first-order valence-electron chi connectivity index (χ1n) is 10.9. The van der Waals surface area contributed by atoms with Crippen molar-refractivity contribution in [2.24, 2.45) is 5.73 Å². The lowest BCUT2D eigenvalue weighted by Crippen LogP contribution is -2.27. The SMILES string of the molecule is C#C.CC.NC(=O)c1cnn2cc(-c3ccc4nccnc4c3)cc2c1N[C@@H]1CCC[C@@H]1F. The lowest BCUT2D eigenvalue weighted by Gasteiger charge is -2.19. The molecule has 2 atom stereocenters. The molecule has 170 valence electrons. The molecule has 33 heavy (non-hydrogen) atoms. The third kappa shape index (κ3) is 4.77. The van der Waals surface area contributed by atoms with Crippen LogP contribution in [0.1, 0.15) is 43.5 Å².